The van der Waals surface area contributed by atoms with Gasteiger partial charge in [0.1, 0.15) is 11.6 Å². The third-order valence-electron chi connectivity index (χ3n) is 4.74. The number of fused-ring (bicyclic) bond motifs is 1. The van der Waals surface area contributed by atoms with Crippen molar-refractivity contribution in [3.63, 3.8) is 0 Å². The predicted molar refractivity (Wildman–Crippen MR) is 113 cm³/mol. The fourth-order valence-electron chi connectivity index (χ4n) is 3.15. The minimum absolute atomic E-state index is 0.140. The van der Waals surface area contributed by atoms with E-state index in [1.54, 1.807) is 43.2 Å². The summed E-state index contributed by atoms with van der Waals surface area (Å²) in [4.78, 5) is 35.8. The minimum Gasteiger partial charge on any atom is -0.497 e. The van der Waals surface area contributed by atoms with Crippen molar-refractivity contribution in [1.82, 2.24) is 19.6 Å². The van der Waals surface area contributed by atoms with Crippen LogP contribution in [0.2, 0.25) is 0 Å². The molecule has 0 bridgehead atoms. The molecule has 2 aromatic carbocycles. The maximum Gasteiger partial charge on any atom is 0.274 e. The number of carbonyl (C=O) groups is 1. The van der Waals surface area contributed by atoms with Crippen LogP contribution >= 0.6 is 0 Å². The summed E-state index contributed by atoms with van der Waals surface area (Å²) in [6.07, 6.45) is 0. The van der Waals surface area contributed by atoms with Crippen LogP contribution in [0.1, 0.15) is 27.4 Å². The number of aromatic nitrogens is 4. The second-order valence-electron chi connectivity index (χ2n) is 7.00. The lowest BCUT2D eigenvalue weighted by Crippen LogP contribution is -2.31. The second-order valence-corrected chi connectivity index (χ2v) is 7.00. The van der Waals surface area contributed by atoms with E-state index in [0.717, 1.165) is 5.56 Å². The van der Waals surface area contributed by atoms with Gasteiger partial charge in [-0.25, -0.2) is 4.98 Å². The van der Waals surface area contributed by atoms with E-state index >= 15 is 0 Å². The van der Waals surface area contributed by atoms with Crippen LogP contribution in [0.3, 0.4) is 0 Å². The molecule has 0 saturated carbocycles. The molecular formula is C22H21N5O3. The number of hydrogen-bond acceptors (Lipinski definition) is 5. The summed E-state index contributed by atoms with van der Waals surface area (Å²) < 4.78 is 6.49. The first kappa shape index (κ1) is 19.4. The predicted octanol–water partition coefficient (Wildman–Crippen LogP) is 2.89. The van der Waals surface area contributed by atoms with Crippen LogP contribution < -0.4 is 15.2 Å². The Bertz CT molecular complexity index is 1260. The molecule has 0 saturated heterocycles. The first-order valence-electron chi connectivity index (χ1n) is 9.42. The van der Waals surface area contributed by atoms with Gasteiger partial charge in [-0.2, -0.15) is 9.50 Å². The normalized spacial score (nSPS) is 10.9. The van der Waals surface area contributed by atoms with Gasteiger partial charge >= 0.3 is 0 Å². The van der Waals surface area contributed by atoms with Crippen molar-refractivity contribution in [3.8, 4) is 5.75 Å². The van der Waals surface area contributed by atoms with E-state index in [2.05, 4.69) is 15.1 Å². The monoisotopic (exact) mass is 403 g/mol. The fourth-order valence-corrected chi connectivity index (χ4v) is 3.15. The SMILES string of the molecule is COc1ccc(N(Cc2nc3nc(C)cc(=O)n3[nH]2)C(=O)c2ccc(C)cc2)cc1. The molecule has 0 aliphatic carbocycles. The Morgan fingerprint density at radius 3 is 2.43 bits per heavy atom. The lowest BCUT2D eigenvalue weighted by atomic mass is 10.1. The number of H-pyrrole nitrogens is 1. The van der Waals surface area contributed by atoms with Crippen LogP contribution in [-0.4, -0.2) is 32.6 Å². The maximum absolute atomic E-state index is 13.3. The lowest BCUT2D eigenvalue weighted by molar-refractivity contribution is 0.0984. The van der Waals surface area contributed by atoms with Crippen LogP contribution in [0.5, 0.6) is 5.75 Å². The van der Waals surface area contributed by atoms with E-state index in [1.807, 2.05) is 31.2 Å². The molecule has 0 atom stereocenters. The van der Waals surface area contributed by atoms with Crippen LogP contribution in [0.15, 0.2) is 59.4 Å². The number of methoxy groups -OCH3 is 1. The number of nitrogens with zero attached hydrogens (tertiary/aromatic N) is 4. The zero-order valence-electron chi connectivity index (χ0n) is 16.9. The van der Waals surface area contributed by atoms with Gasteiger partial charge in [-0.1, -0.05) is 17.7 Å². The highest BCUT2D eigenvalue weighted by atomic mass is 16.5. The van der Waals surface area contributed by atoms with Crippen molar-refractivity contribution < 1.29 is 9.53 Å². The average Bonchev–Trinajstić information content (AvgIpc) is 3.15. The van der Waals surface area contributed by atoms with Gasteiger partial charge in [-0.3, -0.25) is 14.7 Å². The van der Waals surface area contributed by atoms with Gasteiger partial charge in [-0.15, -0.1) is 0 Å². The molecule has 0 fully saturated rings. The molecule has 0 spiro atoms. The molecular weight excluding hydrogens is 382 g/mol. The van der Waals surface area contributed by atoms with Crippen molar-refractivity contribution in [3.05, 3.63) is 87.6 Å². The number of amides is 1. The summed E-state index contributed by atoms with van der Waals surface area (Å²) in [6.45, 7) is 3.85. The Balaban J connectivity index is 1.74. The maximum atomic E-state index is 13.3. The Labute approximate surface area is 172 Å². The molecule has 2 heterocycles. The fraction of sp³-hybridized carbons (Fsp3) is 0.182. The first-order valence-corrected chi connectivity index (χ1v) is 9.42. The van der Waals surface area contributed by atoms with Gasteiger partial charge in [0.25, 0.3) is 17.2 Å². The van der Waals surface area contributed by atoms with Crippen molar-refractivity contribution in [2.45, 2.75) is 20.4 Å². The molecule has 4 rings (SSSR count). The van der Waals surface area contributed by atoms with E-state index in [-0.39, 0.29) is 23.8 Å². The van der Waals surface area contributed by atoms with Gasteiger partial charge in [0, 0.05) is 23.0 Å². The van der Waals surface area contributed by atoms with E-state index < -0.39 is 0 Å². The summed E-state index contributed by atoms with van der Waals surface area (Å²) in [5.41, 5.74) is 2.63. The molecule has 152 valence electrons. The number of carbonyl (C=O) groups excluding carboxylic acids is 1. The van der Waals surface area contributed by atoms with Crippen molar-refractivity contribution in [2.75, 3.05) is 12.0 Å². The molecule has 8 nitrogen and oxygen atoms in total. The van der Waals surface area contributed by atoms with E-state index in [4.69, 9.17) is 4.74 Å². The van der Waals surface area contributed by atoms with E-state index in [9.17, 15) is 9.59 Å². The van der Waals surface area contributed by atoms with Gasteiger partial charge in [-0.05, 0) is 50.2 Å². The van der Waals surface area contributed by atoms with Gasteiger partial charge < -0.3 is 9.64 Å². The zero-order chi connectivity index (χ0) is 21.3. The highest BCUT2D eigenvalue weighted by Gasteiger charge is 2.20. The molecule has 8 heteroatoms. The minimum atomic E-state index is -0.253. The Hall–Kier alpha value is -3.94. The number of aryl methyl sites for hydroxylation is 2. The number of hydrogen-bond donors (Lipinski definition) is 1. The number of benzene rings is 2. The smallest absolute Gasteiger partial charge is 0.274 e. The number of anilines is 1. The van der Waals surface area contributed by atoms with Crippen molar-refractivity contribution in [2.24, 2.45) is 0 Å². The number of rotatable bonds is 5. The highest BCUT2D eigenvalue weighted by Crippen LogP contribution is 2.23. The molecule has 1 N–H and O–H groups in total. The summed E-state index contributed by atoms with van der Waals surface area (Å²) in [5.74, 6) is 1.22. The number of nitrogens with one attached hydrogen (secondary N) is 1. The third-order valence-corrected chi connectivity index (χ3v) is 4.74. The number of aromatic amines is 1. The zero-order valence-corrected chi connectivity index (χ0v) is 16.9. The largest absolute Gasteiger partial charge is 0.497 e. The molecule has 1 amide bonds. The molecule has 0 radical (unpaired) electrons. The summed E-state index contributed by atoms with van der Waals surface area (Å²) in [7, 11) is 1.59. The molecule has 0 aliphatic heterocycles. The Kier molecular flexibility index (Phi) is 5.05. The standard InChI is InChI=1S/C22H21N5O3/c1-14-4-6-16(7-5-14)21(29)26(17-8-10-18(30-3)11-9-17)13-19-24-22-23-15(2)12-20(28)27(22)25-19/h4-12H,13H2,1-3H3,(H,23,24,25). The van der Waals surface area contributed by atoms with Crippen molar-refractivity contribution >= 4 is 17.4 Å². The summed E-state index contributed by atoms with van der Waals surface area (Å²) in [5, 5.41) is 2.94. The third kappa shape index (κ3) is 3.80. The Morgan fingerprint density at radius 2 is 1.77 bits per heavy atom. The molecule has 2 aromatic heterocycles. The van der Waals surface area contributed by atoms with Crippen molar-refractivity contribution in [1.29, 1.82) is 0 Å². The Morgan fingerprint density at radius 1 is 1.07 bits per heavy atom. The van der Waals surface area contributed by atoms with Gasteiger partial charge in [0.05, 0.1) is 13.7 Å². The second kappa shape index (κ2) is 7.82. The van der Waals surface area contributed by atoms with Crippen LogP contribution in [0.4, 0.5) is 5.69 Å². The van der Waals surface area contributed by atoms with E-state index in [0.29, 0.717) is 28.5 Å². The molecule has 4 aromatic rings. The molecule has 30 heavy (non-hydrogen) atoms. The lowest BCUT2D eigenvalue weighted by Gasteiger charge is -2.22. The quantitative estimate of drug-likeness (QED) is 0.553. The average molecular weight is 403 g/mol. The summed E-state index contributed by atoms with van der Waals surface area (Å²) in [6, 6.07) is 16.0. The van der Waals surface area contributed by atoms with E-state index in [1.165, 1.54) is 10.6 Å². The number of ether oxygens (including phenoxy) is 1. The highest BCUT2D eigenvalue weighted by molar-refractivity contribution is 6.06. The van der Waals surface area contributed by atoms with Crippen LogP contribution in [0, 0.1) is 13.8 Å². The van der Waals surface area contributed by atoms with Gasteiger partial charge in [0.15, 0.2) is 0 Å². The first-order chi connectivity index (χ1) is 14.4. The summed E-state index contributed by atoms with van der Waals surface area (Å²) >= 11 is 0. The van der Waals surface area contributed by atoms with Gasteiger partial charge in [0.2, 0.25) is 0 Å². The topological polar surface area (TPSA) is 92.6 Å². The van der Waals surface area contributed by atoms with Crippen LogP contribution in [-0.2, 0) is 6.54 Å². The molecule has 0 unspecified atom stereocenters. The van der Waals surface area contributed by atoms with Crippen LogP contribution in [0.25, 0.3) is 5.78 Å². The molecule has 0 aliphatic rings.